The van der Waals surface area contributed by atoms with E-state index in [9.17, 15) is 4.79 Å². The number of likely N-dealkylation sites (N-methyl/N-ethyl adjacent to an activating group) is 1. The first-order chi connectivity index (χ1) is 4.31. The zero-order valence-corrected chi connectivity index (χ0v) is 5.56. The summed E-state index contributed by atoms with van der Waals surface area (Å²) in [6, 6.07) is 0. The van der Waals surface area contributed by atoms with E-state index in [0.29, 0.717) is 0 Å². The van der Waals surface area contributed by atoms with E-state index in [0.717, 1.165) is 0 Å². The molecule has 0 fully saturated rings. The van der Waals surface area contributed by atoms with Gasteiger partial charge in [0.05, 0.1) is 0 Å². The largest absolute Gasteiger partial charge is 0.356 e. The fourth-order valence-corrected chi connectivity index (χ4v) is 0.284. The highest BCUT2D eigenvalue weighted by atomic mass is 16.1. The summed E-state index contributed by atoms with van der Waals surface area (Å²) in [5, 5.41) is 2.43. The summed E-state index contributed by atoms with van der Waals surface area (Å²) in [6.45, 7) is 0. The fraction of sp³-hybridized carbons (Fsp3) is 0.400. The van der Waals surface area contributed by atoms with Crippen molar-refractivity contribution in [2.75, 3.05) is 14.1 Å². The van der Waals surface area contributed by atoms with Gasteiger partial charge in [0.1, 0.15) is 0 Å². The maximum absolute atomic E-state index is 10.4. The number of hydrogen-bond donors (Lipinski definition) is 3. The van der Waals surface area contributed by atoms with Crippen molar-refractivity contribution in [2.45, 2.75) is 0 Å². The van der Waals surface area contributed by atoms with Crippen LogP contribution in [0.3, 0.4) is 0 Å². The molecule has 0 unspecified atom stereocenters. The topological polar surface area (TPSA) is 53.2 Å². The molecule has 0 saturated carbocycles. The van der Waals surface area contributed by atoms with Crippen LogP contribution in [-0.4, -0.2) is 20.0 Å². The van der Waals surface area contributed by atoms with Crippen LogP contribution in [0.25, 0.3) is 0 Å². The average molecular weight is 129 g/mol. The highest BCUT2D eigenvalue weighted by molar-refractivity contribution is 5.86. The summed E-state index contributed by atoms with van der Waals surface area (Å²) < 4.78 is 0. The van der Waals surface area contributed by atoms with Crippen molar-refractivity contribution in [2.24, 2.45) is 0 Å². The van der Waals surface area contributed by atoms with Gasteiger partial charge >= 0.3 is 0 Å². The molecule has 0 aromatic carbocycles. The molecule has 9 heavy (non-hydrogen) atoms. The standard InChI is InChI=1S/C5H11N3O/c1-6-5(9)3-4-8-7-2/h3-4,7-8H,1-2H3,(H,6,9)/b4-3+. The summed E-state index contributed by atoms with van der Waals surface area (Å²) in [5.41, 5.74) is 5.25. The van der Waals surface area contributed by atoms with Crippen LogP contribution >= 0.6 is 0 Å². The molecule has 4 heteroatoms. The van der Waals surface area contributed by atoms with E-state index >= 15 is 0 Å². The predicted octanol–water partition coefficient (Wildman–Crippen LogP) is -1.03. The minimum Gasteiger partial charge on any atom is -0.356 e. The third-order valence-electron chi connectivity index (χ3n) is 0.709. The lowest BCUT2D eigenvalue weighted by atomic mass is 10.6. The molecular formula is C5H11N3O. The van der Waals surface area contributed by atoms with Crippen molar-refractivity contribution < 1.29 is 4.79 Å². The van der Waals surface area contributed by atoms with Crippen molar-refractivity contribution in [3.05, 3.63) is 12.3 Å². The summed E-state index contributed by atoms with van der Waals surface area (Å²) in [4.78, 5) is 10.4. The van der Waals surface area contributed by atoms with Gasteiger partial charge in [-0.2, -0.15) is 0 Å². The lowest BCUT2D eigenvalue weighted by Crippen LogP contribution is -2.22. The van der Waals surface area contributed by atoms with Gasteiger partial charge in [-0.1, -0.05) is 0 Å². The van der Waals surface area contributed by atoms with E-state index in [1.54, 1.807) is 14.1 Å². The summed E-state index contributed by atoms with van der Waals surface area (Å²) in [7, 11) is 3.29. The number of nitrogens with one attached hydrogen (secondary N) is 3. The van der Waals surface area contributed by atoms with Crippen LogP contribution in [0.4, 0.5) is 0 Å². The number of carbonyl (C=O) groups excluding carboxylic acids is 1. The van der Waals surface area contributed by atoms with Crippen molar-refractivity contribution >= 4 is 5.91 Å². The Kier molecular flexibility index (Phi) is 4.53. The SMILES string of the molecule is CNN/C=C/C(=O)NC. The van der Waals surface area contributed by atoms with Crippen molar-refractivity contribution in [1.29, 1.82) is 0 Å². The Labute approximate surface area is 54.3 Å². The van der Waals surface area contributed by atoms with Crippen LogP contribution in [0.5, 0.6) is 0 Å². The molecule has 0 bridgehead atoms. The van der Waals surface area contributed by atoms with Gasteiger partial charge in [-0.05, 0) is 0 Å². The molecule has 0 rings (SSSR count). The third-order valence-corrected chi connectivity index (χ3v) is 0.709. The quantitative estimate of drug-likeness (QED) is 0.337. The second-order valence-corrected chi connectivity index (χ2v) is 1.34. The van der Waals surface area contributed by atoms with Crippen molar-refractivity contribution in [3.8, 4) is 0 Å². The zero-order valence-electron chi connectivity index (χ0n) is 5.56. The molecule has 0 saturated heterocycles. The van der Waals surface area contributed by atoms with Crippen molar-refractivity contribution in [1.82, 2.24) is 16.2 Å². The molecule has 0 radical (unpaired) electrons. The van der Waals surface area contributed by atoms with Gasteiger partial charge in [0.2, 0.25) is 5.91 Å². The highest BCUT2D eigenvalue weighted by Gasteiger charge is 1.83. The Morgan fingerprint density at radius 3 is 2.56 bits per heavy atom. The van der Waals surface area contributed by atoms with E-state index < -0.39 is 0 Å². The van der Waals surface area contributed by atoms with E-state index in [4.69, 9.17) is 0 Å². The molecule has 0 aromatic rings. The minimum absolute atomic E-state index is 0.127. The predicted molar refractivity (Wildman–Crippen MR) is 35.4 cm³/mol. The summed E-state index contributed by atoms with van der Waals surface area (Å²) in [6.07, 6.45) is 2.90. The van der Waals surface area contributed by atoms with E-state index in [1.807, 2.05) is 0 Å². The Bertz CT molecular complexity index is 111. The van der Waals surface area contributed by atoms with Crippen LogP contribution in [0.1, 0.15) is 0 Å². The Hall–Kier alpha value is -1.03. The molecule has 0 aromatic heterocycles. The lowest BCUT2D eigenvalue weighted by Gasteiger charge is -1.92. The normalized spacial score (nSPS) is 9.56. The first-order valence-corrected chi connectivity index (χ1v) is 2.61. The zero-order chi connectivity index (χ0) is 7.11. The molecule has 4 nitrogen and oxygen atoms in total. The summed E-state index contributed by atoms with van der Waals surface area (Å²) >= 11 is 0. The average Bonchev–Trinajstić information content (AvgIpc) is 1.89. The number of hydrogen-bond acceptors (Lipinski definition) is 3. The highest BCUT2D eigenvalue weighted by Crippen LogP contribution is 1.64. The molecule has 0 heterocycles. The maximum Gasteiger partial charge on any atom is 0.245 e. The van der Waals surface area contributed by atoms with Crippen molar-refractivity contribution in [3.63, 3.8) is 0 Å². The van der Waals surface area contributed by atoms with Gasteiger partial charge in [0.15, 0.2) is 0 Å². The Morgan fingerprint density at radius 1 is 1.44 bits per heavy atom. The first-order valence-electron chi connectivity index (χ1n) is 2.61. The number of carbonyl (C=O) groups is 1. The Balaban J connectivity index is 3.32. The van der Waals surface area contributed by atoms with Crippen LogP contribution < -0.4 is 16.2 Å². The molecule has 0 atom stereocenters. The van der Waals surface area contributed by atoms with E-state index in [-0.39, 0.29) is 5.91 Å². The second kappa shape index (κ2) is 5.11. The number of rotatable bonds is 3. The molecule has 52 valence electrons. The van der Waals surface area contributed by atoms with Gasteiger partial charge in [0, 0.05) is 26.4 Å². The van der Waals surface area contributed by atoms with Crippen LogP contribution in [0, 0.1) is 0 Å². The van der Waals surface area contributed by atoms with Crippen LogP contribution in [0.15, 0.2) is 12.3 Å². The number of amides is 1. The van der Waals surface area contributed by atoms with Crippen LogP contribution in [0.2, 0.25) is 0 Å². The molecular weight excluding hydrogens is 118 g/mol. The lowest BCUT2D eigenvalue weighted by molar-refractivity contribution is -0.116. The summed E-state index contributed by atoms with van der Waals surface area (Å²) in [5.74, 6) is -0.127. The minimum atomic E-state index is -0.127. The monoisotopic (exact) mass is 129 g/mol. The van der Waals surface area contributed by atoms with E-state index in [2.05, 4.69) is 16.2 Å². The second-order valence-electron chi connectivity index (χ2n) is 1.34. The molecule has 0 aliphatic heterocycles. The Morgan fingerprint density at radius 2 is 2.11 bits per heavy atom. The van der Waals surface area contributed by atoms with Crippen LogP contribution in [-0.2, 0) is 4.79 Å². The van der Waals surface area contributed by atoms with Gasteiger partial charge < -0.3 is 10.7 Å². The fourth-order valence-electron chi connectivity index (χ4n) is 0.284. The number of hydrazine groups is 1. The molecule has 3 N–H and O–H groups in total. The van der Waals surface area contributed by atoms with E-state index in [1.165, 1.54) is 12.3 Å². The van der Waals surface area contributed by atoms with Gasteiger partial charge in [-0.25, -0.2) is 5.43 Å². The maximum atomic E-state index is 10.4. The van der Waals surface area contributed by atoms with Gasteiger partial charge in [-0.3, -0.25) is 4.79 Å². The first kappa shape index (κ1) is 7.97. The molecule has 0 aliphatic rings. The third kappa shape index (κ3) is 4.83. The molecule has 1 amide bonds. The van der Waals surface area contributed by atoms with Gasteiger partial charge in [-0.15, -0.1) is 0 Å². The molecule has 0 spiro atoms. The smallest absolute Gasteiger partial charge is 0.245 e. The molecule has 0 aliphatic carbocycles. The van der Waals surface area contributed by atoms with Gasteiger partial charge in [0.25, 0.3) is 0 Å².